The third-order valence-corrected chi connectivity index (χ3v) is 5.84. The molecule has 0 fully saturated rings. The highest BCUT2D eigenvalue weighted by Gasteiger charge is 2.15. The minimum Gasteiger partial charge on any atom is -0.417 e. The minimum atomic E-state index is 0.760. The smallest absolute Gasteiger partial charge is 0.107 e. The highest BCUT2D eigenvalue weighted by molar-refractivity contribution is 5.83. The van der Waals surface area contributed by atoms with Gasteiger partial charge in [-0.05, 0) is 77.9 Å². The number of nitrogens with zero attached hydrogens (tertiary/aromatic N) is 2. The van der Waals surface area contributed by atoms with Crippen LogP contribution in [0, 0.1) is 11.3 Å². The molecule has 0 saturated heterocycles. The molecule has 3 aromatic rings. The summed E-state index contributed by atoms with van der Waals surface area (Å²) in [6.07, 6.45) is 7.91. The summed E-state index contributed by atoms with van der Waals surface area (Å²) in [5, 5.41) is 11.6. The van der Waals surface area contributed by atoms with Gasteiger partial charge in [0.2, 0.25) is 0 Å². The van der Waals surface area contributed by atoms with Gasteiger partial charge in [-0.25, -0.2) is 0 Å². The third kappa shape index (κ3) is 5.95. The normalized spacial score (nSPS) is 13.9. The van der Waals surface area contributed by atoms with E-state index in [1.54, 1.807) is 6.26 Å². The number of hydrogen-bond acceptors (Lipinski definition) is 4. The van der Waals surface area contributed by atoms with Crippen LogP contribution in [0.15, 0.2) is 73.0 Å². The first-order valence-corrected chi connectivity index (χ1v) is 11.1. The molecule has 4 rings (SSSR count). The number of hydrogen-bond donors (Lipinski definition) is 1. The number of benzene rings is 3. The molecule has 0 radical (unpaired) electrons. The summed E-state index contributed by atoms with van der Waals surface area (Å²) in [6, 6.07) is 23.3. The standard InChI is InChI=1S/C27H29N3O/c28-20-23-10-12-25-13-16-30(21-27(25)19-23)15-4-3-14-29-31-17-5-6-22-9-11-24-7-1-2-8-26(24)18-22/h1-2,5,7-12,17-19,29H,3-4,6,13-16,21H2/b17-5+. The fourth-order valence-electron chi connectivity index (χ4n) is 4.11. The number of hydroxylamine groups is 1. The van der Waals surface area contributed by atoms with Crippen molar-refractivity contribution in [1.29, 1.82) is 5.26 Å². The van der Waals surface area contributed by atoms with Crippen molar-refractivity contribution in [1.82, 2.24) is 10.4 Å². The van der Waals surface area contributed by atoms with Crippen molar-refractivity contribution in [3.63, 3.8) is 0 Å². The Labute approximate surface area is 184 Å². The summed E-state index contributed by atoms with van der Waals surface area (Å²) in [4.78, 5) is 7.91. The number of unbranched alkanes of at least 4 members (excludes halogenated alkanes) is 1. The van der Waals surface area contributed by atoms with Crippen molar-refractivity contribution in [2.24, 2.45) is 0 Å². The van der Waals surface area contributed by atoms with Crippen LogP contribution in [-0.2, 0) is 24.2 Å². The van der Waals surface area contributed by atoms with Crippen LogP contribution in [0.4, 0.5) is 0 Å². The van der Waals surface area contributed by atoms with Gasteiger partial charge in [0, 0.05) is 19.6 Å². The molecule has 1 heterocycles. The Morgan fingerprint density at radius 2 is 1.90 bits per heavy atom. The second-order valence-electron chi connectivity index (χ2n) is 8.10. The first kappa shape index (κ1) is 21.1. The van der Waals surface area contributed by atoms with Crippen LogP contribution in [0.2, 0.25) is 0 Å². The van der Waals surface area contributed by atoms with Crippen molar-refractivity contribution < 1.29 is 4.84 Å². The summed E-state index contributed by atoms with van der Waals surface area (Å²) >= 11 is 0. The summed E-state index contributed by atoms with van der Waals surface area (Å²) in [6.45, 7) is 3.96. The zero-order valence-corrected chi connectivity index (χ0v) is 17.9. The van der Waals surface area contributed by atoms with Crippen LogP contribution < -0.4 is 5.48 Å². The van der Waals surface area contributed by atoms with Gasteiger partial charge in [-0.3, -0.25) is 4.90 Å². The molecule has 1 N–H and O–H groups in total. The van der Waals surface area contributed by atoms with Gasteiger partial charge in [-0.2, -0.15) is 10.7 Å². The Morgan fingerprint density at radius 1 is 1.00 bits per heavy atom. The largest absolute Gasteiger partial charge is 0.417 e. The lowest BCUT2D eigenvalue weighted by molar-refractivity contribution is 0.131. The van der Waals surface area contributed by atoms with Crippen LogP contribution >= 0.6 is 0 Å². The number of fused-ring (bicyclic) bond motifs is 2. The maximum atomic E-state index is 9.09. The van der Waals surface area contributed by atoms with E-state index in [2.05, 4.69) is 65.0 Å². The van der Waals surface area contributed by atoms with Crippen LogP contribution in [-0.4, -0.2) is 24.5 Å². The van der Waals surface area contributed by atoms with Gasteiger partial charge in [0.1, 0.15) is 6.26 Å². The van der Waals surface area contributed by atoms with E-state index in [-0.39, 0.29) is 0 Å². The van der Waals surface area contributed by atoms with Crippen LogP contribution in [0.25, 0.3) is 10.8 Å². The summed E-state index contributed by atoms with van der Waals surface area (Å²) in [7, 11) is 0. The molecule has 0 aliphatic carbocycles. The van der Waals surface area contributed by atoms with Gasteiger partial charge >= 0.3 is 0 Å². The molecule has 0 amide bonds. The summed E-state index contributed by atoms with van der Waals surface area (Å²) in [5.74, 6) is 0. The molecule has 0 spiro atoms. The lowest BCUT2D eigenvalue weighted by Crippen LogP contribution is -2.31. The van der Waals surface area contributed by atoms with Gasteiger partial charge < -0.3 is 4.84 Å². The van der Waals surface area contributed by atoms with Crippen molar-refractivity contribution in [3.05, 3.63) is 95.3 Å². The van der Waals surface area contributed by atoms with E-state index >= 15 is 0 Å². The summed E-state index contributed by atoms with van der Waals surface area (Å²) in [5.41, 5.74) is 7.77. The van der Waals surface area contributed by atoms with E-state index in [1.807, 2.05) is 18.2 Å². The molecular weight excluding hydrogens is 382 g/mol. The zero-order valence-electron chi connectivity index (χ0n) is 17.9. The van der Waals surface area contributed by atoms with Gasteiger partial charge in [0.05, 0.1) is 11.6 Å². The highest BCUT2D eigenvalue weighted by atomic mass is 16.6. The molecule has 0 aromatic heterocycles. The molecule has 0 saturated carbocycles. The van der Waals surface area contributed by atoms with Gasteiger partial charge in [-0.15, -0.1) is 0 Å². The molecule has 4 heteroatoms. The first-order valence-electron chi connectivity index (χ1n) is 11.1. The zero-order chi connectivity index (χ0) is 21.3. The fraction of sp³-hybridized carbons (Fsp3) is 0.296. The average Bonchev–Trinajstić information content (AvgIpc) is 2.82. The van der Waals surface area contributed by atoms with E-state index in [1.165, 1.54) is 27.5 Å². The molecule has 3 aromatic carbocycles. The molecular formula is C27H29N3O. The Hall–Kier alpha value is -3.13. The SMILES string of the molecule is N#Cc1ccc2c(c1)CN(CCCCNO/C=C/Cc1ccc3ccccc3c1)CC2. The number of rotatable bonds is 9. The van der Waals surface area contributed by atoms with Crippen molar-refractivity contribution in [2.45, 2.75) is 32.2 Å². The predicted octanol–water partition coefficient (Wildman–Crippen LogP) is 5.13. The molecule has 1 aliphatic heterocycles. The highest BCUT2D eigenvalue weighted by Crippen LogP contribution is 2.20. The number of nitriles is 1. The second-order valence-corrected chi connectivity index (χ2v) is 8.10. The van der Waals surface area contributed by atoms with Gasteiger partial charge in [-0.1, -0.05) is 48.5 Å². The average molecular weight is 412 g/mol. The molecule has 0 unspecified atom stereocenters. The molecule has 0 bridgehead atoms. The van der Waals surface area contributed by atoms with Crippen LogP contribution in [0.5, 0.6) is 0 Å². The molecule has 0 atom stereocenters. The Bertz CT molecular complexity index is 1080. The van der Waals surface area contributed by atoms with E-state index in [9.17, 15) is 0 Å². The van der Waals surface area contributed by atoms with E-state index in [4.69, 9.17) is 10.1 Å². The Morgan fingerprint density at radius 3 is 2.81 bits per heavy atom. The number of nitrogens with one attached hydrogen (secondary N) is 1. The Kier molecular flexibility index (Phi) is 7.33. The van der Waals surface area contributed by atoms with Crippen molar-refractivity contribution >= 4 is 10.8 Å². The quantitative estimate of drug-likeness (QED) is 0.301. The maximum Gasteiger partial charge on any atom is 0.107 e. The summed E-state index contributed by atoms with van der Waals surface area (Å²) < 4.78 is 0. The molecule has 4 nitrogen and oxygen atoms in total. The van der Waals surface area contributed by atoms with Crippen LogP contribution in [0.3, 0.4) is 0 Å². The molecule has 31 heavy (non-hydrogen) atoms. The topological polar surface area (TPSA) is 48.3 Å². The fourth-order valence-corrected chi connectivity index (χ4v) is 4.11. The molecule has 1 aliphatic rings. The van der Waals surface area contributed by atoms with Crippen molar-refractivity contribution in [3.8, 4) is 6.07 Å². The number of allylic oxidation sites excluding steroid dienone is 1. The van der Waals surface area contributed by atoms with E-state index < -0.39 is 0 Å². The Balaban J connectivity index is 1.09. The predicted molar refractivity (Wildman–Crippen MR) is 125 cm³/mol. The van der Waals surface area contributed by atoms with Crippen LogP contribution in [0.1, 0.15) is 35.1 Å². The monoisotopic (exact) mass is 411 g/mol. The van der Waals surface area contributed by atoms with Gasteiger partial charge in [0.15, 0.2) is 0 Å². The second kappa shape index (κ2) is 10.8. The molecule has 158 valence electrons. The first-order chi connectivity index (χ1) is 15.3. The minimum absolute atomic E-state index is 0.760. The third-order valence-electron chi connectivity index (χ3n) is 5.84. The van der Waals surface area contributed by atoms with Gasteiger partial charge in [0.25, 0.3) is 0 Å². The lowest BCUT2D eigenvalue weighted by Gasteiger charge is -2.28. The van der Waals surface area contributed by atoms with E-state index in [0.717, 1.165) is 57.4 Å². The lowest BCUT2D eigenvalue weighted by atomic mass is 9.97. The maximum absolute atomic E-state index is 9.09. The van der Waals surface area contributed by atoms with Crippen molar-refractivity contribution in [2.75, 3.05) is 19.6 Å². The van der Waals surface area contributed by atoms with E-state index in [0.29, 0.717) is 0 Å².